The predicted molar refractivity (Wildman–Crippen MR) is 63.2 cm³/mol. The molecule has 0 fully saturated rings. The highest BCUT2D eigenvalue weighted by Crippen LogP contribution is 2.22. The largest absolute Gasteiger partial charge is 0.327 e. The summed E-state index contributed by atoms with van der Waals surface area (Å²) < 4.78 is 0. The molecule has 1 unspecified atom stereocenters. The van der Waals surface area contributed by atoms with Crippen LogP contribution in [-0.4, -0.2) is 6.04 Å². The van der Waals surface area contributed by atoms with Crippen LogP contribution in [0.4, 0.5) is 0 Å². The van der Waals surface area contributed by atoms with Crippen LogP contribution < -0.4 is 5.73 Å². The molecule has 1 aliphatic rings. The van der Waals surface area contributed by atoms with Gasteiger partial charge in [-0.25, -0.2) is 0 Å². The molecule has 0 aromatic carbocycles. The summed E-state index contributed by atoms with van der Waals surface area (Å²) in [7, 11) is 0. The van der Waals surface area contributed by atoms with E-state index in [0.717, 1.165) is 12.3 Å². The molecule has 0 aromatic heterocycles. The van der Waals surface area contributed by atoms with E-state index in [1.807, 2.05) is 0 Å². The van der Waals surface area contributed by atoms with E-state index in [4.69, 9.17) is 5.73 Å². The zero-order chi connectivity index (χ0) is 10.4. The molecule has 1 nitrogen and oxygen atoms in total. The topological polar surface area (TPSA) is 26.0 Å². The minimum Gasteiger partial charge on any atom is -0.327 e. The van der Waals surface area contributed by atoms with Gasteiger partial charge in [0.25, 0.3) is 0 Å². The number of allylic oxidation sites excluding steroid dienone is 1. The second kappa shape index (κ2) is 6.23. The van der Waals surface area contributed by atoms with E-state index >= 15 is 0 Å². The molecule has 82 valence electrons. The van der Waals surface area contributed by atoms with Crippen molar-refractivity contribution in [2.75, 3.05) is 0 Å². The van der Waals surface area contributed by atoms with E-state index in [9.17, 15) is 0 Å². The Kier molecular flexibility index (Phi) is 5.24. The van der Waals surface area contributed by atoms with Gasteiger partial charge in [-0.3, -0.25) is 0 Å². The van der Waals surface area contributed by atoms with Crippen molar-refractivity contribution in [2.24, 2.45) is 11.7 Å². The summed E-state index contributed by atoms with van der Waals surface area (Å²) in [6, 6.07) is 0.404. The monoisotopic (exact) mass is 195 g/mol. The lowest BCUT2D eigenvalue weighted by atomic mass is 9.92. The molecule has 1 heteroatoms. The molecule has 2 N–H and O–H groups in total. The predicted octanol–water partition coefficient (Wildman–Crippen LogP) is 3.64. The van der Waals surface area contributed by atoms with Gasteiger partial charge in [-0.2, -0.15) is 0 Å². The van der Waals surface area contributed by atoms with Crippen molar-refractivity contribution >= 4 is 0 Å². The van der Waals surface area contributed by atoms with Crippen LogP contribution in [0.5, 0.6) is 0 Å². The molecule has 1 atom stereocenters. The zero-order valence-corrected chi connectivity index (χ0v) is 9.76. The molecular weight excluding hydrogens is 170 g/mol. The molecule has 1 rings (SSSR count). The van der Waals surface area contributed by atoms with Gasteiger partial charge in [-0.1, -0.05) is 25.5 Å². The first kappa shape index (κ1) is 11.8. The van der Waals surface area contributed by atoms with E-state index in [0.29, 0.717) is 6.04 Å². The normalized spacial score (nSPS) is 19.6. The Bertz CT molecular complexity index is 182. The van der Waals surface area contributed by atoms with Gasteiger partial charge in [0.15, 0.2) is 0 Å². The van der Waals surface area contributed by atoms with Gasteiger partial charge in [0.1, 0.15) is 0 Å². The van der Waals surface area contributed by atoms with Gasteiger partial charge < -0.3 is 5.73 Å². The van der Waals surface area contributed by atoms with Gasteiger partial charge in [-0.05, 0) is 50.9 Å². The maximum Gasteiger partial charge on any atom is 0.00761 e. The van der Waals surface area contributed by atoms with Crippen molar-refractivity contribution in [3.63, 3.8) is 0 Å². The summed E-state index contributed by atoms with van der Waals surface area (Å²) in [6.07, 6.45) is 11.4. The van der Waals surface area contributed by atoms with Crippen molar-refractivity contribution in [3.05, 3.63) is 11.6 Å². The molecule has 1 aliphatic carbocycles. The fraction of sp³-hybridized carbons (Fsp3) is 0.846. The molecule has 0 radical (unpaired) electrons. The highest BCUT2D eigenvalue weighted by Gasteiger charge is 2.09. The third-order valence-corrected chi connectivity index (χ3v) is 3.02. The van der Waals surface area contributed by atoms with Gasteiger partial charge >= 0.3 is 0 Å². The maximum atomic E-state index is 6.11. The third-order valence-electron chi connectivity index (χ3n) is 3.02. The van der Waals surface area contributed by atoms with Crippen LogP contribution in [0, 0.1) is 5.92 Å². The van der Waals surface area contributed by atoms with Crippen LogP contribution in [-0.2, 0) is 0 Å². The van der Waals surface area contributed by atoms with Crippen LogP contribution in [0.1, 0.15) is 58.8 Å². The molecule has 0 saturated heterocycles. The lowest BCUT2D eigenvalue weighted by Gasteiger charge is -2.18. The molecule has 0 saturated carbocycles. The standard InChI is InChI=1S/C13H25N/c1-11(2)8-9-13(14)10-12-6-4-3-5-7-12/h6,11,13H,3-5,7-10,14H2,1-2H3. The Morgan fingerprint density at radius 2 is 2.07 bits per heavy atom. The van der Waals surface area contributed by atoms with Crippen molar-refractivity contribution in [1.29, 1.82) is 0 Å². The number of nitrogens with two attached hydrogens (primary N) is 1. The summed E-state index contributed by atoms with van der Waals surface area (Å²) in [5, 5.41) is 0. The Morgan fingerprint density at radius 1 is 1.29 bits per heavy atom. The van der Waals surface area contributed by atoms with Crippen LogP contribution in [0.2, 0.25) is 0 Å². The minimum absolute atomic E-state index is 0.404. The van der Waals surface area contributed by atoms with Gasteiger partial charge in [-0.15, -0.1) is 0 Å². The number of hydrogen-bond donors (Lipinski definition) is 1. The smallest absolute Gasteiger partial charge is 0.00761 e. The van der Waals surface area contributed by atoms with Crippen molar-refractivity contribution < 1.29 is 0 Å². The van der Waals surface area contributed by atoms with Crippen LogP contribution in [0.25, 0.3) is 0 Å². The molecule has 0 heterocycles. The second-order valence-corrected chi connectivity index (χ2v) is 5.04. The van der Waals surface area contributed by atoms with Crippen molar-refractivity contribution in [2.45, 2.75) is 64.8 Å². The SMILES string of the molecule is CC(C)CCC(N)CC1=CCCCC1. The molecular formula is C13H25N. The first-order chi connectivity index (χ1) is 6.68. The van der Waals surface area contributed by atoms with Gasteiger partial charge in [0.05, 0.1) is 0 Å². The Balaban J connectivity index is 2.18. The lowest BCUT2D eigenvalue weighted by molar-refractivity contribution is 0.486. The fourth-order valence-corrected chi connectivity index (χ4v) is 2.08. The summed E-state index contributed by atoms with van der Waals surface area (Å²) in [6.45, 7) is 4.54. The molecule has 0 spiro atoms. The summed E-state index contributed by atoms with van der Waals surface area (Å²) >= 11 is 0. The van der Waals surface area contributed by atoms with Gasteiger partial charge in [0, 0.05) is 6.04 Å². The third kappa shape index (κ3) is 4.80. The maximum absolute atomic E-state index is 6.11. The average molecular weight is 195 g/mol. The molecule has 14 heavy (non-hydrogen) atoms. The fourth-order valence-electron chi connectivity index (χ4n) is 2.08. The van der Waals surface area contributed by atoms with Crippen molar-refractivity contribution in [1.82, 2.24) is 0 Å². The molecule has 0 aromatic rings. The van der Waals surface area contributed by atoms with E-state index in [1.54, 1.807) is 5.57 Å². The second-order valence-electron chi connectivity index (χ2n) is 5.04. The number of hydrogen-bond acceptors (Lipinski definition) is 1. The molecule has 0 aliphatic heterocycles. The Morgan fingerprint density at radius 3 is 2.64 bits per heavy atom. The van der Waals surface area contributed by atoms with E-state index in [2.05, 4.69) is 19.9 Å². The van der Waals surface area contributed by atoms with E-state index in [1.165, 1.54) is 38.5 Å². The summed E-state index contributed by atoms with van der Waals surface area (Å²) in [5.41, 5.74) is 7.73. The first-order valence-electron chi connectivity index (χ1n) is 6.12. The highest BCUT2D eigenvalue weighted by molar-refractivity contribution is 5.06. The first-order valence-corrected chi connectivity index (χ1v) is 6.12. The average Bonchev–Trinajstić information content (AvgIpc) is 2.16. The highest BCUT2D eigenvalue weighted by atomic mass is 14.6. The van der Waals surface area contributed by atoms with E-state index < -0.39 is 0 Å². The van der Waals surface area contributed by atoms with Crippen LogP contribution in [0.15, 0.2) is 11.6 Å². The lowest BCUT2D eigenvalue weighted by Crippen LogP contribution is -2.21. The summed E-state index contributed by atoms with van der Waals surface area (Å²) in [4.78, 5) is 0. The molecule has 0 amide bonds. The zero-order valence-electron chi connectivity index (χ0n) is 9.76. The quantitative estimate of drug-likeness (QED) is 0.666. The summed E-state index contributed by atoms with van der Waals surface area (Å²) in [5.74, 6) is 0.793. The Labute approximate surface area is 88.8 Å². The minimum atomic E-state index is 0.404. The number of rotatable bonds is 5. The van der Waals surface area contributed by atoms with Gasteiger partial charge in [0.2, 0.25) is 0 Å². The van der Waals surface area contributed by atoms with E-state index in [-0.39, 0.29) is 0 Å². The molecule has 0 bridgehead atoms. The van der Waals surface area contributed by atoms with Crippen LogP contribution >= 0.6 is 0 Å². The van der Waals surface area contributed by atoms with Crippen molar-refractivity contribution in [3.8, 4) is 0 Å². The van der Waals surface area contributed by atoms with Crippen LogP contribution in [0.3, 0.4) is 0 Å². The Hall–Kier alpha value is -0.300.